The number of H-pyrrole nitrogens is 1. The summed E-state index contributed by atoms with van der Waals surface area (Å²) in [4.78, 5) is 32.0. The highest BCUT2D eigenvalue weighted by Gasteiger charge is 2.32. The van der Waals surface area contributed by atoms with E-state index in [0.29, 0.717) is 36.6 Å². The van der Waals surface area contributed by atoms with E-state index in [1.54, 1.807) is 0 Å². The fourth-order valence-corrected chi connectivity index (χ4v) is 5.13. The second kappa shape index (κ2) is 6.56. The van der Waals surface area contributed by atoms with Crippen molar-refractivity contribution in [3.63, 3.8) is 0 Å². The van der Waals surface area contributed by atoms with E-state index in [0.717, 1.165) is 40.7 Å². The van der Waals surface area contributed by atoms with E-state index < -0.39 is 0 Å². The largest absolute Gasteiger partial charge is 0.337 e. The van der Waals surface area contributed by atoms with Crippen LogP contribution in [0.1, 0.15) is 50.8 Å². The van der Waals surface area contributed by atoms with Gasteiger partial charge in [-0.25, -0.2) is 4.98 Å². The first kappa shape index (κ1) is 16.6. The van der Waals surface area contributed by atoms with E-state index in [4.69, 9.17) is 0 Å². The summed E-state index contributed by atoms with van der Waals surface area (Å²) in [6.07, 6.45) is 4.37. The number of aromatic nitrogens is 3. The maximum absolute atomic E-state index is 12.9. The van der Waals surface area contributed by atoms with Gasteiger partial charge >= 0.3 is 0 Å². The molecule has 1 N–H and O–H groups in total. The number of ketones is 1. The summed E-state index contributed by atoms with van der Waals surface area (Å²) in [7, 11) is 0. The van der Waals surface area contributed by atoms with E-state index >= 15 is 0 Å². The van der Waals surface area contributed by atoms with Crippen LogP contribution in [0.15, 0.2) is 24.3 Å². The number of fused-ring (bicyclic) bond motifs is 2. The van der Waals surface area contributed by atoms with Crippen molar-refractivity contribution in [1.29, 1.82) is 0 Å². The predicted octanol–water partition coefficient (Wildman–Crippen LogP) is 3.24. The Morgan fingerprint density at radius 3 is 2.78 bits per heavy atom. The number of nitrogens with zero attached hydrogens (tertiary/aromatic N) is 3. The summed E-state index contributed by atoms with van der Waals surface area (Å²) in [5.41, 5.74) is 3.66. The van der Waals surface area contributed by atoms with Gasteiger partial charge in [-0.15, -0.1) is 11.3 Å². The fourth-order valence-electron chi connectivity index (χ4n) is 4.14. The van der Waals surface area contributed by atoms with Gasteiger partial charge in [0, 0.05) is 30.3 Å². The number of para-hydroxylation sites is 1. The number of rotatable bonds is 3. The molecular weight excluding hydrogens is 360 g/mol. The Bertz CT molecular complexity index is 997. The van der Waals surface area contributed by atoms with Crippen LogP contribution >= 0.6 is 11.3 Å². The number of Topliss-reactive ketones (excluding diaryl/α,β-unsaturated/α-hetero) is 1. The number of aromatic amines is 1. The topological polar surface area (TPSA) is 79.0 Å². The Balaban J connectivity index is 1.27. The molecular formula is C20H20N4O2S. The van der Waals surface area contributed by atoms with Crippen molar-refractivity contribution in [2.75, 3.05) is 13.1 Å². The minimum Gasteiger partial charge on any atom is -0.337 e. The zero-order chi connectivity index (χ0) is 18.4. The molecule has 1 fully saturated rings. The van der Waals surface area contributed by atoms with Crippen LogP contribution in [-0.2, 0) is 12.8 Å². The van der Waals surface area contributed by atoms with Crippen LogP contribution in [0, 0.1) is 5.92 Å². The van der Waals surface area contributed by atoms with Crippen LogP contribution < -0.4 is 0 Å². The number of carbonyl (C=O) groups is 2. The smallest absolute Gasteiger partial charge is 0.274 e. The standard InChI is InChI=1S/C20H20N4O2S/c25-18(19-21-15-5-1-2-7-16(15)27-19)12-8-10-24(11-9-12)20(26)17-13-4-3-6-14(13)22-23-17/h1-2,5,7,12H,3-4,6,8-11H2,(H,22,23). The van der Waals surface area contributed by atoms with Crippen LogP contribution in [0.2, 0.25) is 0 Å². The van der Waals surface area contributed by atoms with Crippen LogP contribution in [0.5, 0.6) is 0 Å². The van der Waals surface area contributed by atoms with Gasteiger partial charge in [0.2, 0.25) is 0 Å². The first-order valence-electron chi connectivity index (χ1n) is 9.46. The van der Waals surface area contributed by atoms with Gasteiger partial charge < -0.3 is 4.90 Å². The molecule has 7 heteroatoms. The monoisotopic (exact) mass is 380 g/mol. The lowest BCUT2D eigenvalue weighted by molar-refractivity contribution is 0.0644. The lowest BCUT2D eigenvalue weighted by atomic mass is 9.92. The first-order chi connectivity index (χ1) is 13.2. The maximum Gasteiger partial charge on any atom is 0.274 e. The molecule has 0 spiro atoms. The number of hydrogen-bond acceptors (Lipinski definition) is 5. The second-order valence-electron chi connectivity index (χ2n) is 7.30. The molecule has 0 bridgehead atoms. The molecule has 5 rings (SSSR count). The minimum atomic E-state index is -0.0560. The molecule has 1 aliphatic carbocycles. The molecule has 1 aromatic carbocycles. The molecule has 138 valence electrons. The number of piperidine rings is 1. The number of carbonyl (C=O) groups excluding carboxylic acids is 2. The lowest BCUT2D eigenvalue weighted by Gasteiger charge is -2.30. The summed E-state index contributed by atoms with van der Waals surface area (Å²) in [6, 6.07) is 7.83. The average molecular weight is 380 g/mol. The second-order valence-corrected chi connectivity index (χ2v) is 8.33. The quantitative estimate of drug-likeness (QED) is 0.708. The summed E-state index contributed by atoms with van der Waals surface area (Å²) in [6.45, 7) is 1.20. The van der Waals surface area contributed by atoms with Crippen molar-refractivity contribution in [3.8, 4) is 0 Å². The molecule has 1 aliphatic heterocycles. The van der Waals surface area contributed by atoms with Crippen molar-refractivity contribution in [2.45, 2.75) is 32.1 Å². The number of likely N-dealkylation sites (tertiary alicyclic amines) is 1. The normalized spacial score (nSPS) is 17.4. The first-order valence-corrected chi connectivity index (χ1v) is 10.3. The summed E-state index contributed by atoms with van der Waals surface area (Å²) in [5, 5.41) is 7.85. The van der Waals surface area contributed by atoms with Crippen molar-refractivity contribution in [3.05, 3.63) is 46.2 Å². The van der Waals surface area contributed by atoms with E-state index in [-0.39, 0.29) is 17.6 Å². The third-order valence-electron chi connectivity index (χ3n) is 5.67. The molecule has 0 radical (unpaired) electrons. The number of hydrogen-bond donors (Lipinski definition) is 1. The predicted molar refractivity (Wildman–Crippen MR) is 103 cm³/mol. The fraction of sp³-hybridized carbons (Fsp3) is 0.400. The third-order valence-corrected chi connectivity index (χ3v) is 6.72. The van der Waals surface area contributed by atoms with E-state index in [1.807, 2.05) is 29.2 Å². The molecule has 27 heavy (non-hydrogen) atoms. The SMILES string of the molecule is O=C(c1nc2ccccc2s1)C1CCN(C(=O)c2n[nH]c3c2CCC3)CC1. The van der Waals surface area contributed by atoms with Crippen LogP contribution in [0.4, 0.5) is 0 Å². The van der Waals surface area contributed by atoms with Gasteiger partial charge in [-0.1, -0.05) is 12.1 Å². The third kappa shape index (κ3) is 2.86. The zero-order valence-corrected chi connectivity index (χ0v) is 15.7. The van der Waals surface area contributed by atoms with Crippen molar-refractivity contribution in [2.24, 2.45) is 5.92 Å². The molecule has 2 aromatic heterocycles. The Hall–Kier alpha value is -2.54. The van der Waals surface area contributed by atoms with Gasteiger partial charge in [0.15, 0.2) is 16.5 Å². The van der Waals surface area contributed by atoms with Crippen LogP contribution in [-0.4, -0.2) is 44.9 Å². The Morgan fingerprint density at radius 2 is 1.96 bits per heavy atom. The van der Waals surface area contributed by atoms with E-state index in [9.17, 15) is 9.59 Å². The molecule has 1 amide bonds. The van der Waals surface area contributed by atoms with Crippen LogP contribution in [0.3, 0.4) is 0 Å². The zero-order valence-electron chi connectivity index (χ0n) is 14.9. The highest BCUT2D eigenvalue weighted by Crippen LogP contribution is 2.29. The maximum atomic E-state index is 12.9. The average Bonchev–Trinajstić information content (AvgIpc) is 3.41. The molecule has 0 saturated carbocycles. The van der Waals surface area contributed by atoms with Gasteiger partial charge in [0.25, 0.3) is 5.91 Å². The molecule has 6 nitrogen and oxygen atoms in total. The number of aryl methyl sites for hydroxylation is 1. The molecule has 0 atom stereocenters. The number of amides is 1. The van der Waals surface area contributed by atoms with Crippen molar-refractivity contribution in [1.82, 2.24) is 20.1 Å². The van der Waals surface area contributed by atoms with Crippen LogP contribution in [0.25, 0.3) is 10.2 Å². The number of benzene rings is 1. The van der Waals surface area contributed by atoms with Gasteiger partial charge in [0.05, 0.1) is 10.2 Å². The Morgan fingerprint density at radius 1 is 1.15 bits per heavy atom. The van der Waals surface area contributed by atoms with Gasteiger partial charge in [-0.3, -0.25) is 14.7 Å². The molecule has 1 saturated heterocycles. The minimum absolute atomic E-state index is 0.000265. The van der Waals surface area contributed by atoms with Gasteiger partial charge in [0.1, 0.15) is 0 Å². The van der Waals surface area contributed by atoms with E-state index in [2.05, 4.69) is 15.2 Å². The van der Waals surface area contributed by atoms with Gasteiger partial charge in [-0.2, -0.15) is 5.10 Å². The highest BCUT2D eigenvalue weighted by atomic mass is 32.1. The molecule has 3 heterocycles. The Kier molecular flexibility index (Phi) is 4.04. The van der Waals surface area contributed by atoms with Gasteiger partial charge in [-0.05, 0) is 44.2 Å². The molecule has 2 aliphatic rings. The lowest BCUT2D eigenvalue weighted by Crippen LogP contribution is -2.40. The van der Waals surface area contributed by atoms with Crippen molar-refractivity contribution < 1.29 is 9.59 Å². The number of thiazole rings is 1. The van der Waals surface area contributed by atoms with Crippen molar-refractivity contribution >= 4 is 33.2 Å². The molecule has 0 unspecified atom stereocenters. The molecule has 3 aromatic rings. The number of nitrogens with one attached hydrogen (secondary N) is 1. The van der Waals surface area contributed by atoms with E-state index in [1.165, 1.54) is 11.3 Å². The summed E-state index contributed by atoms with van der Waals surface area (Å²) >= 11 is 1.46. The Labute approximate surface area is 160 Å². The summed E-state index contributed by atoms with van der Waals surface area (Å²) in [5.74, 6) is 0.0590. The summed E-state index contributed by atoms with van der Waals surface area (Å²) < 4.78 is 1.04. The highest BCUT2D eigenvalue weighted by molar-refractivity contribution is 7.20.